The summed E-state index contributed by atoms with van der Waals surface area (Å²) < 4.78 is 20.7. The molecule has 38 heavy (non-hydrogen) atoms. The molecule has 1 aliphatic carbocycles. The summed E-state index contributed by atoms with van der Waals surface area (Å²) in [4.78, 5) is 36.4. The molecule has 0 amide bonds. The van der Waals surface area contributed by atoms with Crippen LogP contribution in [0.5, 0.6) is 0 Å². The standard InChI is InChI=1S/C31H28BrFO5/c32-30(19-8-3-9-21-34)26(24-12-6-2-7-13-24)18-20-31(33,29(36)37)28(30)38-27(35)25-16-14-23(15-17-25)22-10-4-1-5-11-22/h1-2,4-7,10-18,21,28H,3,8-9,19-20H2,(H,36,37)/t28-,30+,31+/m1/s1. The Kier molecular flexibility index (Phi) is 8.57. The van der Waals surface area contributed by atoms with E-state index in [0.29, 0.717) is 24.8 Å². The summed E-state index contributed by atoms with van der Waals surface area (Å²) in [6.07, 6.45) is 1.86. The first-order valence-corrected chi connectivity index (χ1v) is 13.3. The average molecular weight is 579 g/mol. The van der Waals surface area contributed by atoms with Crippen molar-refractivity contribution in [3.05, 3.63) is 102 Å². The van der Waals surface area contributed by atoms with E-state index in [0.717, 1.165) is 23.0 Å². The zero-order chi connectivity index (χ0) is 27.2. The summed E-state index contributed by atoms with van der Waals surface area (Å²) in [5.41, 5.74) is 0.609. The molecule has 0 bridgehead atoms. The molecule has 7 heteroatoms. The Morgan fingerprint density at radius 3 is 2.08 bits per heavy atom. The molecule has 0 unspecified atom stereocenters. The van der Waals surface area contributed by atoms with Gasteiger partial charge < -0.3 is 14.6 Å². The van der Waals surface area contributed by atoms with Crippen LogP contribution in [0, 0.1) is 0 Å². The highest BCUT2D eigenvalue weighted by atomic mass is 79.9. The summed E-state index contributed by atoms with van der Waals surface area (Å²) in [5, 5.41) is 9.95. The monoisotopic (exact) mass is 578 g/mol. The number of allylic oxidation sites excluding steroid dienone is 1. The Hall–Kier alpha value is -3.58. The van der Waals surface area contributed by atoms with Crippen molar-refractivity contribution in [3.63, 3.8) is 0 Å². The van der Waals surface area contributed by atoms with E-state index < -0.39 is 34.5 Å². The molecule has 1 N–H and O–H groups in total. The number of rotatable bonds is 10. The number of halogens is 2. The van der Waals surface area contributed by atoms with E-state index in [9.17, 15) is 19.5 Å². The Bertz CT molecular complexity index is 1310. The van der Waals surface area contributed by atoms with Gasteiger partial charge in [0.1, 0.15) is 6.29 Å². The predicted octanol–water partition coefficient (Wildman–Crippen LogP) is 7.05. The van der Waals surface area contributed by atoms with E-state index in [4.69, 9.17) is 4.74 Å². The van der Waals surface area contributed by atoms with E-state index in [1.807, 2.05) is 60.7 Å². The van der Waals surface area contributed by atoms with Gasteiger partial charge in [0, 0.05) is 12.8 Å². The Morgan fingerprint density at radius 2 is 1.50 bits per heavy atom. The summed E-state index contributed by atoms with van der Waals surface area (Å²) in [7, 11) is 0. The zero-order valence-electron chi connectivity index (χ0n) is 20.7. The van der Waals surface area contributed by atoms with E-state index in [-0.39, 0.29) is 12.0 Å². The van der Waals surface area contributed by atoms with Gasteiger partial charge in [0.2, 0.25) is 5.67 Å². The Morgan fingerprint density at radius 1 is 0.921 bits per heavy atom. The van der Waals surface area contributed by atoms with Crippen LogP contribution in [-0.2, 0) is 14.3 Å². The predicted molar refractivity (Wildman–Crippen MR) is 148 cm³/mol. The van der Waals surface area contributed by atoms with Crippen LogP contribution in [-0.4, -0.2) is 39.4 Å². The van der Waals surface area contributed by atoms with Crippen LogP contribution in [0.15, 0.2) is 91.0 Å². The van der Waals surface area contributed by atoms with Gasteiger partial charge >= 0.3 is 11.9 Å². The number of alkyl halides is 2. The number of hydrogen-bond donors (Lipinski definition) is 1. The number of carboxylic acids is 1. The summed E-state index contributed by atoms with van der Waals surface area (Å²) in [6, 6.07) is 25.5. The second-order valence-corrected chi connectivity index (χ2v) is 10.8. The largest absolute Gasteiger partial charge is 0.479 e. The molecule has 3 aromatic rings. The molecule has 0 saturated carbocycles. The van der Waals surface area contributed by atoms with Crippen LogP contribution < -0.4 is 0 Å². The number of aliphatic carboxylic acids is 1. The summed E-state index contributed by atoms with van der Waals surface area (Å²) in [5.74, 6) is -2.52. The lowest BCUT2D eigenvalue weighted by Gasteiger charge is -2.45. The van der Waals surface area contributed by atoms with Gasteiger partial charge in [-0.2, -0.15) is 0 Å². The molecule has 0 saturated heterocycles. The zero-order valence-corrected chi connectivity index (χ0v) is 22.3. The number of aldehydes is 1. The van der Waals surface area contributed by atoms with Gasteiger partial charge in [0.25, 0.3) is 0 Å². The molecule has 0 fully saturated rings. The first kappa shape index (κ1) is 27.5. The minimum atomic E-state index is -2.86. The van der Waals surface area contributed by atoms with Crippen molar-refractivity contribution in [1.82, 2.24) is 0 Å². The fourth-order valence-electron chi connectivity index (χ4n) is 4.87. The van der Waals surface area contributed by atoms with Crippen LogP contribution in [0.25, 0.3) is 16.7 Å². The molecule has 0 radical (unpaired) electrons. The lowest BCUT2D eigenvalue weighted by molar-refractivity contribution is -0.161. The molecule has 4 rings (SSSR count). The number of carbonyl (C=O) groups excluding carboxylic acids is 2. The fourth-order valence-corrected chi connectivity index (χ4v) is 6.00. The van der Waals surface area contributed by atoms with E-state index in [1.165, 1.54) is 0 Å². The number of hydrogen-bond acceptors (Lipinski definition) is 4. The average Bonchev–Trinajstić information content (AvgIpc) is 2.94. The van der Waals surface area contributed by atoms with Crippen molar-refractivity contribution in [2.45, 2.75) is 48.2 Å². The van der Waals surface area contributed by atoms with Crippen molar-refractivity contribution < 1.29 is 28.6 Å². The number of carboxylic acid groups (broad SMARTS) is 1. The maximum atomic E-state index is 16.3. The van der Waals surface area contributed by atoms with Crippen molar-refractivity contribution in [2.75, 3.05) is 0 Å². The van der Waals surface area contributed by atoms with Gasteiger partial charge in [-0.25, -0.2) is 14.0 Å². The molecule has 196 valence electrons. The number of benzene rings is 3. The highest BCUT2D eigenvalue weighted by Gasteiger charge is 2.61. The highest BCUT2D eigenvalue weighted by molar-refractivity contribution is 9.10. The van der Waals surface area contributed by atoms with Crippen molar-refractivity contribution in [1.29, 1.82) is 0 Å². The molecule has 1 aliphatic rings. The summed E-state index contributed by atoms with van der Waals surface area (Å²) in [6.45, 7) is 0. The van der Waals surface area contributed by atoms with E-state index >= 15 is 4.39 Å². The molecule has 3 aromatic carbocycles. The topological polar surface area (TPSA) is 80.7 Å². The van der Waals surface area contributed by atoms with Gasteiger partial charge in [-0.15, -0.1) is 0 Å². The van der Waals surface area contributed by atoms with Crippen LogP contribution in [0.3, 0.4) is 0 Å². The van der Waals surface area contributed by atoms with Crippen molar-refractivity contribution in [3.8, 4) is 11.1 Å². The molecule has 0 spiro atoms. The van der Waals surface area contributed by atoms with E-state index in [1.54, 1.807) is 30.3 Å². The quantitative estimate of drug-likeness (QED) is 0.121. The normalized spacial score (nSPS) is 22.8. The van der Waals surface area contributed by atoms with Crippen LogP contribution >= 0.6 is 15.9 Å². The number of unbranched alkanes of at least 4 members (excludes halogenated alkanes) is 2. The molecule has 0 aromatic heterocycles. The molecule has 0 aliphatic heterocycles. The summed E-state index contributed by atoms with van der Waals surface area (Å²) >= 11 is 3.67. The minimum absolute atomic E-state index is 0.184. The first-order valence-electron chi connectivity index (χ1n) is 12.5. The van der Waals surface area contributed by atoms with Crippen molar-refractivity contribution in [2.24, 2.45) is 0 Å². The van der Waals surface area contributed by atoms with Gasteiger partial charge in [0.05, 0.1) is 9.89 Å². The van der Waals surface area contributed by atoms with Gasteiger partial charge in [-0.05, 0) is 47.2 Å². The Balaban J connectivity index is 1.70. The van der Waals surface area contributed by atoms with Gasteiger partial charge in [-0.3, -0.25) is 0 Å². The number of carbonyl (C=O) groups is 3. The third-order valence-corrected chi connectivity index (χ3v) is 8.13. The number of esters is 1. The number of ether oxygens (including phenoxy) is 1. The third-order valence-electron chi connectivity index (χ3n) is 6.89. The van der Waals surface area contributed by atoms with Gasteiger partial charge in [-0.1, -0.05) is 101 Å². The molecule has 3 atom stereocenters. The second-order valence-electron chi connectivity index (χ2n) is 9.36. The van der Waals surface area contributed by atoms with Gasteiger partial charge in [0.15, 0.2) is 6.10 Å². The lowest BCUT2D eigenvalue weighted by atomic mass is 9.72. The smallest absolute Gasteiger partial charge is 0.345 e. The lowest BCUT2D eigenvalue weighted by Crippen LogP contribution is -2.59. The maximum absolute atomic E-state index is 16.3. The second kappa shape index (κ2) is 11.9. The van der Waals surface area contributed by atoms with Crippen LogP contribution in [0.1, 0.15) is 48.0 Å². The third kappa shape index (κ3) is 5.63. The Labute approximate surface area is 229 Å². The maximum Gasteiger partial charge on any atom is 0.345 e. The fraction of sp³-hybridized carbons (Fsp3) is 0.258. The van der Waals surface area contributed by atoms with Crippen LogP contribution in [0.4, 0.5) is 4.39 Å². The first-order chi connectivity index (χ1) is 18.3. The molecule has 0 heterocycles. The SMILES string of the molecule is O=CCCCC[C@]1(Br)C(c2ccccc2)=CC[C@@](F)(C(=O)O)[C@@H]1OC(=O)c1ccc(-c2ccccc2)cc1. The minimum Gasteiger partial charge on any atom is -0.479 e. The van der Waals surface area contributed by atoms with Crippen molar-refractivity contribution >= 4 is 39.7 Å². The highest BCUT2D eigenvalue weighted by Crippen LogP contribution is 2.52. The molecule has 5 nitrogen and oxygen atoms in total. The molecular formula is C31H28BrFO5. The van der Waals surface area contributed by atoms with Crippen LogP contribution in [0.2, 0.25) is 0 Å². The van der Waals surface area contributed by atoms with E-state index in [2.05, 4.69) is 15.9 Å². The molecular weight excluding hydrogens is 551 g/mol.